The molecule has 1 aromatic carbocycles. The molecule has 0 bridgehead atoms. The monoisotopic (exact) mass is 343 g/mol. The van der Waals surface area contributed by atoms with Crippen LogP contribution in [0.1, 0.15) is 36.6 Å². The zero-order chi connectivity index (χ0) is 17.3. The summed E-state index contributed by atoms with van der Waals surface area (Å²) in [6.07, 6.45) is 11.3. The van der Waals surface area contributed by atoms with E-state index < -0.39 is 0 Å². The van der Waals surface area contributed by atoms with Gasteiger partial charge in [0, 0.05) is 36.7 Å². The maximum atomic E-state index is 4.80. The first kappa shape index (κ1) is 15.5. The van der Waals surface area contributed by atoms with Crippen LogP contribution in [0.3, 0.4) is 0 Å². The lowest BCUT2D eigenvalue weighted by Gasteiger charge is -2.35. The van der Waals surface area contributed by atoms with Gasteiger partial charge in [-0.15, -0.1) is 0 Å². The van der Waals surface area contributed by atoms with Crippen molar-refractivity contribution in [2.75, 3.05) is 6.54 Å². The van der Waals surface area contributed by atoms with Crippen molar-refractivity contribution in [2.24, 2.45) is 0 Å². The second-order valence-corrected chi connectivity index (χ2v) is 7.00. The maximum Gasteiger partial charge on any atom is 0.233 e. The molecule has 26 heavy (non-hydrogen) atoms. The summed E-state index contributed by atoms with van der Waals surface area (Å²) in [6.45, 7) is 2.05. The summed E-state index contributed by atoms with van der Waals surface area (Å²) in [7, 11) is 0. The van der Waals surface area contributed by atoms with E-state index in [0.29, 0.717) is 6.04 Å². The van der Waals surface area contributed by atoms with Gasteiger partial charge in [-0.2, -0.15) is 0 Å². The molecule has 3 aromatic heterocycles. The fraction of sp³-hybridized carbons (Fsp3) is 0.286. The zero-order valence-electron chi connectivity index (χ0n) is 14.6. The Morgan fingerprint density at radius 3 is 3.00 bits per heavy atom. The quantitative estimate of drug-likeness (QED) is 0.564. The second kappa shape index (κ2) is 6.50. The number of likely N-dealkylation sites (tertiary alicyclic amines) is 1. The lowest BCUT2D eigenvalue weighted by atomic mass is 9.98. The number of hydrogen-bond donors (Lipinski definition) is 0. The van der Waals surface area contributed by atoms with Crippen LogP contribution in [-0.2, 0) is 6.54 Å². The molecule has 0 amide bonds. The maximum absolute atomic E-state index is 4.80. The third-order valence-corrected chi connectivity index (χ3v) is 5.29. The first-order valence-electron chi connectivity index (χ1n) is 9.24. The van der Waals surface area contributed by atoms with Gasteiger partial charge in [-0.3, -0.25) is 14.3 Å². The summed E-state index contributed by atoms with van der Waals surface area (Å²) >= 11 is 0. The van der Waals surface area contributed by atoms with E-state index in [1.807, 2.05) is 22.9 Å². The number of pyridine rings is 1. The number of hydrogen-bond acceptors (Lipinski definition) is 4. The zero-order valence-corrected chi connectivity index (χ0v) is 14.6. The van der Waals surface area contributed by atoms with Crippen molar-refractivity contribution < 1.29 is 0 Å². The number of rotatable bonds is 3. The average Bonchev–Trinajstić information content (AvgIpc) is 3.16. The summed E-state index contributed by atoms with van der Waals surface area (Å²) in [5.74, 6) is 0.782. The molecule has 1 atom stereocenters. The van der Waals surface area contributed by atoms with E-state index in [1.165, 1.54) is 23.8 Å². The molecule has 130 valence electrons. The normalized spacial score (nSPS) is 18.5. The van der Waals surface area contributed by atoms with Crippen LogP contribution < -0.4 is 0 Å². The summed E-state index contributed by atoms with van der Waals surface area (Å²) in [4.78, 5) is 16.1. The Balaban J connectivity index is 1.44. The number of piperidine rings is 1. The molecule has 1 fully saturated rings. The van der Waals surface area contributed by atoms with Crippen molar-refractivity contribution in [1.29, 1.82) is 0 Å². The van der Waals surface area contributed by atoms with Gasteiger partial charge in [0.1, 0.15) is 0 Å². The van der Waals surface area contributed by atoms with Gasteiger partial charge in [0.2, 0.25) is 5.78 Å². The molecule has 0 spiro atoms. The number of benzene rings is 1. The van der Waals surface area contributed by atoms with E-state index in [9.17, 15) is 0 Å². The fourth-order valence-electron chi connectivity index (χ4n) is 3.98. The summed E-state index contributed by atoms with van der Waals surface area (Å²) < 4.78 is 1.97. The molecule has 0 saturated carbocycles. The highest BCUT2D eigenvalue weighted by Crippen LogP contribution is 2.31. The minimum Gasteiger partial charge on any atom is -0.291 e. The number of fused-ring (bicyclic) bond motifs is 2. The minimum atomic E-state index is 0.357. The molecule has 0 aliphatic carbocycles. The summed E-state index contributed by atoms with van der Waals surface area (Å²) in [6, 6.07) is 13.2. The number of nitrogens with zero attached hydrogens (tertiary/aromatic N) is 5. The van der Waals surface area contributed by atoms with Crippen molar-refractivity contribution in [1.82, 2.24) is 24.3 Å². The summed E-state index contributed by atoms with van der Waals surface area (Å²) in [5.41, 5.74) is 3.52. The SMILES string of the molecule is c1cnc2ccc(CN3CCCCC3c3ccn4ccnc4n3)cc2c1. The van der Waals surface area contributed by atoms with E-state index >= 15 is 0 Å². The summed E-state index contributed by atoms with van der Waals surface area (Å²) in [5, 5.41) is 1.20. The van der Waals surface area contributed by atoms with E-state index in [2.05, 4.69) is 51.4 Å². The minimum absolute atomic E-state index is 0.357. The molecule has 1 unspecified atom stereocenters. The Labute approximate surface area is 152 Å². The Morgan fingerprint density at radius 1 is 1.00 bits per heavy atom. The van der Waals surface area contributed by atoms with Gasteiger partial charge in [-0.05, 0) is 49.2 Å². The van der Waals surface area contributed by atoms with E-state index in [4.69, 9.17) is 4.98 Å². The van der Waals surface area contributed by atoms with Crippen molar-refractivity contribution in [3.8, 4) is 0 Å². The molecular formula is C21H21N5. The van der Waals surface area contributed by atoms with Gasteiger partial charge in [0.05, 0.1) is 17.3 Å². The molecule has 0 radical (unpaired) electrons. The molecule has 4 heterocycles. The molecule has 1 saturated heterocycles. The number of aromatic nitrogens is 4. The molecule has 4 aromatic rings. The molecule has 1 aliphatic rings. The standard InChI is InChI=1S/C21H21N5/c1-2-11-26(15-16-6-7-18-17(14-16)4-3-9-22-18)20(5-1)19-8-12-25-13-10-23-21(25)24-19/h3-4,6-10,12-14,20H,1-2,5,11,15H2. The smallest absolute Gasteiger partial charge is 0.233 e. The Bertz CT molecular complexity index is 1050. The van der Waals surface area contributed by atoms with Gasteiger partial charge in [-0.25, -0.2) is 9.97 Å². The first-order valence-corrected chi connectivity index (χ1v) is 9.24. The van der Waals surface area contributed by atoms with Gasteiger partial charge in [0.25, 0.3) is 0 Å². The van der Waals surface area contributed by atoms with Gasteiger partial charge in [0.15, 0.2) is 0 Å². The Hall–Kier alpha value is -2.79. The first-order chi connectivity index (χ1) is 12.9. The van der Waals surface area contributed by atoms with Gasteiger partial charge in [-0.1, -0.05) is 18.6 Å². The highest BCUT2D eigenvalue weighted by atomic mass is 15.2. The Morgan fingerprint density at radius 2 is 2.00 bits per heavy atom. The molecule has 5 heteroatoms. The van der Waals surface area contributed by atoms with Crippen LogP contribution in [0.5, 0.6) is 0 Å². The van der Waals surface area contributed by atoms with Crippen LogP contribution in [0.4, 0.5) is 0 Å². The largest absolute Gasteiger partial charge is 0.291 e. The molecule has 5 nitrogen and oxygen atoms in total. The number of imidazole rings is 1. The molecule has 5 rings (SSSR count). The van der Waals surface area contributed by atoms with Crippen LogP contribution in [0, 0.1) is 0 Å². The van der Waals surface area contributed by atoms with Crippen molar-refractivity contribution in [2.45, 2.75) is 31.8 Å². The third kappa shape index (κ3) is 2.84. The van der Waals surface area contributed by atoms with E-state index in [-0.39, 0.29) is 0 Å². The van der Waals surface area contributed by atoms with Crippen LogP contribution in [0.2, 0.25) is 0 Å². The van der Waals surface area contributed by atoms with Crippen molar-refractivity contribution in [3.63, 3.8) is 0 Å². The highest BCUT2D eigenvalue weighted by molar-refractivity contribution is 5.78. The van der Waals surface area contributed by atoms with Gasteiger partial charge >= 0.3 is 0 Å². The van der Waals surface area contributed by atoms with Crippen LogP contribution in [0.25, 0.3) is 16.7 Å². The van der Waals surface area contributed by atoms with E-state index in [1.54, 1.807) is 6.20 Å². The molecular weight excluding hydrogens is 322 g/mol. The average molecular weight is 343 g/mol. The van der Waals surface area contributed by atoms with Crippen molar-refractivity contribution in [3.05, 3.63) is 72.4 Å². The molecule has 0 N–H and O–H groups in total. The third-order valence-electron chi connectivity index (χ3n) is 5.29. The lowest BCUT2D eigenvalue weighted by Crippen LogP contribution is -2.33. The predicted molar refractivity (Wildman–Crippen MR) is 102 cm³/mol. The van der Waals surface area contributed by atoms with Crippen LogP contribution in [-0.4, -0.2) is 30.8 Å². The van der Waals surface area contributed by atoms with E-state index in [0.717, 1.165) is 36.5 Å². The van der Waals surface area contributed by atoms with Gasteiger partial charge < -0.3 is 0 Å². The predicted octanol–water partition coefficient (Wildman–Crippen LogP) is 4.00. The topological polar surface area (TPSA) is 46.3 Å². The van der Waals surface area contributed by atoms with Crippen LogP contribution in [0.15, 0.2) is 61.2 Å². The van der Waals surface area contributed by atoms with Crippen molar-refractivity contribution >= 4 is 16.7 Å². The highest BCUT2D eigenvalue weighted by Gasteiger charge is 2.25. The lowest BCUT2D eigenvalue weighted by molar-refractivity contribution is 0.137. The molecule has 1 aliphatic heterocycles. The fourth-order valence-corrected chi connectivity index (χ4v) is 3.98. The van der Waals surface area contributed by atoms with Crippen LogP contribution >= 0.6 is 0 Å². The second-order valence-electron chi connectivity index (χ2n) is 7.00. The Kier molecular flexibility index (Phi) is 3.87.